The number of para-hydroxylation sites is 1. The summed E-state index contributed by atoms with van der Waals surface area (Å²) in [6.45, 7) is 3.27. The lowest BCUT2D eigenvalue weighted by molar-refractivity contribution is -0.142. The second-order valence-electron chi connectivity index (χ2n) is 10.3. The van der Waals surface area contributed by atoms with E-state index in [4.69, 9.17) is 9.72 Å². The molecule has 3 aromatic rings. The molecule has 8 nitrogen and oxygen atoms in total. The fourth-order valence-corrected chi connectivity index (χ4v) is 4.92. The number of pyridine rings is 1. The van der Waals surface area contributed by atoms with E-state index >= 15 is 0 Å². The molecule has 0 bridgehead atoms. The molecule has 9 heteroatoms. The summed E-state index contributed by atoms with van der Waals surface area (Å²) < 4.78 is 19.8. The van der Waals surface area contributed by atoms with E-state index in [-0.39, 0.29) is 18.4 Å². The van der Waals surface area contributed by atoms with E-state index < -0.39 is 23.7 Å². The summed E-state index contributed by atoms with van der Waals surface area (Å²) in [6.07, 6.45) is 4.94. The number of benzene rings is 2. The smallest absolute Gasteiger partial charge is 0.326 e. The molecule has 218 valence electrons. The van der Waals surface area contributed by atoms with Crippen molar-refractivity contribution >= 4 is 17.7 Å². The number of carbonyl (C=O) groups excluding carboxylic acids is 1. The number of ether oxygens (including phenoxy) is 1. The molecule has 1 amide bonds. The summed E-state index contributed by atoms with van der Waals surface area (Å²) in [5.41, 5.74) is 2.58. The normalized spacial score (nSPS) is 13.2. The van der Waals surface area contributed by atoms with Gasteiger partial charge in [0.2, 0.25) is 5.91 Å². The fourth-order valence-electron chi connectivity index (χ4n) is 4.92. The van der Waals surface area contributed by atoms with Crippen LogP contribution in [0.25, 0.3) is 0 Å². The molecule has 3 N–H and O–H groups in total. The van der Waals surface area contributed by atoms with E-state index in [1.54, 1.807) is 12.1 Å². The number of unbranched alkanes of at least 4 members (excludes halogenated alkanes) is 1. The van der Waals surface area contributed by atoms with E-state index in [0.717, 1.165) is 62.5 Å². The summed E-state index contributed by atoms with van der Waals surface area (Å²) in [6, 6.07) is 18.8. The van der Waals surface area contributed by atoms with Gasteiger partial charge in [-0.05, 0) is 80.5 Å². The van der Waals surface area contributed by atoms with Crippen molar-refractivity contribution in [3.05, 3.63) is 89.4 Å². The van der Waals surface area contributed by atoms with Crippen molar-refractivity contribution < 1.29 is 23.8 Å². The van der Waals surface area contributed by atoms with Crippen molar-refractivity contribution in [1.82, 2.24) is 15.2 Å². The monoisotopic (exact) mass is 562 g/mol. The van der Waals surface area contributed by atoms with E-state index in [2.05, 4.69) is 27.7 Å². The molecule has 1 aliphatic heterocycles. The van der Waals surface area contributed by atoms with Crippen LogP contribution in [0, 0.1) is 5.82 Å². The number of nitrogens with one attached hydrogen (secondary N) is 2. The molecular formula is C32H39FN4O4. The minimum atomic E-state index is -1.11. The van der Waals surface area contributed by atoms with Crippen molar-refractivity contribution in [2.75, 3.05) is 38.1 Å². The van der Waals surface area contributed by atoms with E-state index in [1.807, 2.05) is 30.3 Å². The van der Waals surface area contributed by atoms with Crippen molar-refractivity contribution in [3.8, 4) is 5.75 Å². The molecule has 41 heavy (non-hydrogen) atoms. The van der Waals surface area contributed by atoms with Gasteiger partial charge in [0.25, 0.3) is 0 Å². The highest BCUT2D eigenvalue weighted by atomic mass is 19.1. The fraction of sp³-hybridized carbons (Fsp3) is 0.406. The molecule has 1 atom stereocenters. The predicted molar refractivity (Wildman–Crippen MR) is 157 cm³/mol. The molecule has 1 aromatic heterocycles. The molecule has 0 saturated heterocycles. The van der Waals surface area contributed by atoms with Crippen molar-refractivity contribution in [1.29, 1.82) is 0 Å². The first kappa shape index (κ1) is 30.0. The largest absolute Gasteiger partial charge is 0.492 e. The van der Waals surface area contributed by atoms with Crippen LogP contribution < -0.4 is 15.4 Å². The zero-order chi connectivity index (χ0) is 28.9. The van der Waals surface area contributed by atoms with Crippen molar-refractivity contribution in [2.24, 2.45) is 0 Å². The lowest BCUT2D eigenvalue weighted by atomic mass is 10.1. The van der Waals surface area contributed by atoms with Gasteiger partial charge in [0.05, 0.1) is 6.42 Å². The number of nitrogens with zero attached hydrogens (tertiary/aromatic N) is 2. The predicted octanol–water partition coefficient (Wildman–Crippen LogP) is 4.48. The number of hydrogen-bond acceptors (Lipinski definition) is 6. The average Bonchev–Trinajstić information content (AvgIpc) is 2.98. The minimum Gasteiger partial charge on any atom is -0.492 e. The molecule has 0 saturated carbocycles. The Hall–Kier alpha value is -3.98. The summed E-state index contributed by atoms with van der Waals surface area (Å²) in [7, 11) is 0. The Balaban J connectivity index is 1.28. The van der Waals surface area contributed by atoms with Gasteiger partial charge < -0.3 is 20.5 Å². The molecule has 0 spiro atoms. The summed E-state index contributed by atoms with van der Waals surface area (Å²) >= 11 is 0. The molecule has 2 heterocycles. The quantitative estimate of drug-likeness (QED) is 0.221. The highest BCUT2D eigenvalue weighted by Crippen LogP contribution is 2.20. The van der Waals surface area contributed by atoms with Crippen LogP contribution in [0.2, 0.25) is 0 Å². The van der Waals surface area contributed by atoms with Crippen LogP contribution >= 0.6 is 0 Å². The number of amides is 1. The third-order valence-corrected chi connectivity index (χ3v) is 7.20. The molecule has 2 aromatic carbocycles. The molecule has 4 rings (SSSR count). The minimum absolute atomic E-state index is 0.211. The van der Waals surface area contributed by atoms with Gasteiger partial charge in [-0.3, -0.25) is 9.69 Å². The number of fused-ring (bicyclic) bond motifs is 1. The number of rotatable bonds is 16. The maximum atomic E-state index is 13.9. The van der Waals surface area contributed by atoms with Gasteiger partial charge in [-0.1, -0.05) is 42.5 Å². The number of aryl methyl sites for hydroxylation is 2. The number of aromatic nitrogens is 1. The number of carboxylic acid groups (broad SMARTS) is 1. The van der Waals surface area contributed by atoms with Crippen LogP contribution in [0.4, 0.5) is 10.2 Å². The zero-order valence-electron chi connectivity index (χ0n) is 23.4. The van der Waals surface area contributed by atoms with Crippen LogP contribution in [-0.2, 0) is 28.9 Å². The average molecular weight is 563 g/mol. The number of anilines is 1. The lowest BCUT2D eigenvalue weighted by Crippen LogP contribution is -2.44. The number of halogens is 1. The van der Waals surface area contributed by atoms with E-state index in [0.29, 0.717) is 19.7 Å². The van der Waals surface area contributed by atoms with Gasteiger partial charge in [0.1, 0.15) is 30.0 Å². The lowest BCUT2D eigenvalue weighted by Gasteiger charge is -2.24. The van der Waals surface area contributed by atoms with E-state index in [1.165, 1.54) is 17.7 Å². The molecule has 0 radical (unpaired) electrons. The van der Waals surface area contributed by atoms with Crippen molar-refractivity contribution in [2.45, 2.75) is 51.0 Å². The Morgan fingerprint density at radius 2 is 1.83 bits per heavy atom. The maximum absolute atomic E-state index is 13.9. The van der Waals surface area contributed by atoms with Crippen molar-refractivity contribution in [3.63, 3.8) is 0 Å². The molecule has 0 aliphatic carbocycles. The number of carboxylic acids is 1. The Kier molecular flexibility index (Phi) is 11.5. The molecule has 0 fully saturated rings. The van der Waals surface area contributed by atoms with E-state index in [9.17, 15) is 19.1 Å². The second kappa shape index (κ2) is 15.7. The van der Waals surface area contributed by atoms with Gasteiger partial charge in [0.15, 0.2) is 0 Å². The highest BCUT2D eigenvalue weighted by molar-refractivity contribution is 5.84. The standard InChI is InChI=1S/C32H39FN4O4/c33-28-14-5-4-9-25(28)23-30(38)36-29(32(39)40)17-20-37(21-22-41-27-12-2-1-3-13-27)19-7-6-11-26-16-15-24-10-8-18-34-31(24)35-26/h1-5,9,12-16,29H,6-8,10-11,17-23H2,(H,34,35)(H,36,38)(H,39,40)/t29-/m0/s1. The Bertz CT molecular complexity index is 1270. The van der Waals surface area contributed by atoms with Gasteiger partial charge in [-0.25, -0.2) is 14.2 Å². The summed E-state index contributed by atoms with van der Waals surface area (Å²) in [5, 5.41) is 15.7. The van der Waals surface area contributed by atoms with Gasteiger partial charge in [0, 0.05) is 25.3 Å². The first-order valence-electron chi connectivity index (χ1n) is 14.4. The van der Waals surface area contributed by atoms with Crippen LogP contribution in [-0.4, -0.2) is 65.7 Å². The van der Waals surface area contributed by atoms with Gasteiger partial charge in [-0.15, -0.1) is 0 Å². The number of aliphatic carboxylic acids is 1. The Morgan fingerprint density at radius 1 is 1.02 bits per heavy atom. The summed E-state index contributed by atoms with van der Waals surface area (Å²) in [4.78, 5) is 31.4. The topological polar surface area (TPSA) is 104 Å². The van der Waals surface area contributed by atoms with Gasteiger partial charge in [-0.2, -0.15) is 0 Å². The molecule has 1 aliphatic rings. The Morgan fingerprint density at radius 3 is 2.63 bits per heavy atom. The third-order valence-electron chi connectivity index (χ3n) is 7.20. The van der Waals surface area contributed by atoms with Crippen LogP contribution in [0.1, 0.15) is 42.5 Å². The second-order valence-corrected chi connectivity index (χ2v) is 10.3. The molecular weight excluding hydrogens is 523 g/mol. The first-order chi connectivity index (χ1) is 20.0. The number of carbonyl (C=O) groups is 2. The molecule has 0 unspecified atom stereocenters. The first-order valence-corrected chi connectivity index (χ1v) is 14.4. The Labute approximate surface area is 240 Å². The van der Waals surface area contributed by atoms with Crippen LogP contribution in [0.3, 0.4) is 0 Å². The summed E-state index contributed by atoms with van der Waals surface area (Å²) in [5.74, 6) is -0.331. The third kappa shape index (κ3) is 9.86. The SMILES string of the molecule is O=C(Cc1ccccc1F)N[C@@H](CCN(CCCCc1ccc2c(n1)NCCC2)CCOc1ccccc1)C(=O)O. The number of hydrogen-bond donors (Lipinski definition) is 3. The van der Waals surface area contributed by atoms with Crippen LogP contribution in [0.15, 0.2) is 66.7 Å². The van der Waals surface area contributed by atoms with Gasteiger partial charge >= 0.3 is 5.97 Å². The maximum Gasteiger partial charge on any atom is 0.326 e. The van der Waals surface area contributed by atoms with Crippen LogP contribution in [0.5, 0.6) is 5.75 Å². The zero-order valence-corrected chi connectivity index (χ0v) is 23.4. The highest BCUT2D eigenvalue weighted by Gasteiger charge is 2.22.